The smallest absolute Gasteiger partial charge is 0.254 e. The molecule has 2 saturated heterocycles. The van der Waals surface area contributed by atoms with Gasteiger partial charge in [0.1, 0.15) is 5.75 Å². The Morgan fingerprint density at radius 2 is 1.49 bits per heavy atom. The first-order valence-electron chi connectivity index (χ1n) is 14.4. The minimum atomic E-state index is -1.90. The van der Waals surface area contributed by atoms with Gasteiger partial charge in [0.05, 0.1) is 23.0 Å². The molecule has 2 aliphatic heterocycles. The summed E-state index contributed by atoms with van der Waals surface area (Å²) in [6.07, 6.45) is 1.96. The number of fused-ring (bicyclic) bond motifs is 4. The van der Waals surface area contributed by atoms with Gasteiger partial charge >= 0.3 is 0 Å². The minimum absolute atomic E-state index is 0.00385. The maximum atomic E-state index is 14.2. The molecule has 0 spiro atoms. The SMILES string of the molecule is O=C(c1ccccc1)c1ccc(N2C(=O)[C@H]3[C@H](CC=C4[C@H]3C[C@@]3(Cl)C(=O)N(CBr)C(=O)[C@@]3(Cl)[C@H]4c3ccc(O)cc3)C2=O)cc1. The van der Waals surface area contributed by atoms with Gasteiger partial charge in [-0.1, -0.05) is 70.0 Å². The number of benzene rings is 3. The number of hydrogen-bond acceptors (Lipinski definition) is 6. The molecule has 3 fully saturated rings. The highest BCUT2D eigenvalue weighted by Gasteiger charge is 2.76. The summed E-state index contributed by atoms with van der Waals surface area (Å²) in [4.78, 5) is 66.8. The van der Waals surface area contributed by atoms with E-state index >= 15 is 0 Å². The molecule has 2 heterocycles. The quantitative estimate of drug-likeness (QED) is 0.123. The third-order valence-electron chi connectivity index (χ3n) is 9.66. The van der Waals surface area contributed by atoms with Gasteiger partial charge in [-0.15, -0.1) is 23.2 Å². The lowest BCUT2D eigenvalue weighted by Crippen LogP contribution is -2.60. The Bertz CT molecular complexity index is 1810. The van der Waals surface area contributed by atoms with Crippen LogP contribution in [0.2, 0.25) is 0 Å². The second-order valence-electron chi connectivity index (χ2n) is 11.8. The van der Waals surface area contributed by atoms with E-state index in [1.807, 2.05) is 12.1 Å². The number of aromatic hydroxyl groups is 1. The van der Waals surface area contributed by atoms with Gasteiger partial charge in [0.15, 0.2) is 15.5 Å². The number of rotatable bonds is 5. The molecular weight excluding hydrogens is 683 g/mol. The summed E-state index contributed by atoms with van der Waals surface area (Å²) in [5, 5.41) is 9.98. The molecular formula is C34H25BrCl2N2O6. The van der Waals surface area contributed by atoms with E-state index in [0.717, 1.165) is 9.80 Å². The second kappa shape index (κ2) is 10.6. The molecule has 2 aliphatic carbocycles. The molecule has 4 amide bonds. The van der Waals surface area contributed by atoms with E-state index in [9.17, 15) is 29.1 Å². The second-order valence-corrected chi connectivity index (χ2v) is 13.6. The number of ketones is 1. The number of allylic oxidation sites excluding steroid dienone is 2. The standard InChI is InChI=1S/C34H25BrCl2N2O6/c35-17-38-31(44)33(36)16-25-23(27(34(33,37)32(38)45)18-8-12-22(40)13-9-18)14-15-24-26(25)30(43)39(29(24)42)21-10-6-20(7-11-21)28(41)19-4-2-1-3-5-19/h1-14,24-27,40H,15-17H2/t24-,25+,26-,27-,33+,34-/m0/s1. The number of amides is 4. The fourth-order valence-corrected chi connectivity index (χ4v) is 8.99. The number of nitrogens with zero attached hydrogens (tertiary/aromatic N) is 2. The van der Waals surface area contributed by atoms with Gasteiger partial charge in [-0.3, -0.25) is 33.8 Å². The fraction of sp³-hybridized carbons (Fsp3) is 0.265. The average Bonchev–Trinajstić information content (AvgIpc) is 3.39. The molecule has 228 valence electrons. The molecule has 0 bridgehead atoms. The Kier molecular flexibility index (Phi) is 7.07. The van der Waals surface area contributed by atoms with E-state index in [1.54, 1.807) is 60.7 Å². The van der Waals surface area contributed by atoms with Crippen LogP contribution in [0.4, 0.5) is 5.69 Å². The molecule has 1 saturated carbocycles. The molecule has 1 N–H and O–H groups in total. The predicted octanol–water partition coefficient (Wildman–Crippen LogP) is 5.54. The molecule has 0 aromatic heterocycles. The van der Waals surface area contributed by atoms with Crippen molar-refractivity contribution in [3.63, 3.8) is 0 Å². The normalized spacial score (nSPS) is 30.6. The van der Waals surface area contributed by atoms with Crippen LogP contribution >= 0.6 is 39.1 Å². The number of alkyl halides is 3. The molecule has 6 atom stereocenters. The van der Waals surface area contributed by atoms with Crippen molar-refractivity contribution in [2.75, 3.05) is 10.4 Å². The molecule has 0 radical (unpaired) electrons. The molecule has 0 unspecified atom stereocenters. The van der Waals surface area contributed by atoms with Gasteiger partial charge < -0.3 is 5.11 Å². The van der Waals surface area contributed by atoms with Gasteiger partial charge in [0.25, 0.3) is 11.8 Å². The maximum absolute atomic E-state index is 14.2. The van der Waals surface area contributed by atoms with Gasteiger partial charge in [-0.05, 0) is 60.7 Å². The number of phenolic OH excluding ortho intramolecular Hbond substituents is 1. The average molecular weight is 708 g/mol. The number of carbonyl (C=O) groups is 5. The van der Waals surface area contributed by atoms with E-state index in [4.69, 9.17) is 23.2 Å². The van der Waals surface area contributed by atoms with Gasteiger partial charge in [0, 0.05) is 17.0 Å². The Balaban J connectivity index is 1.27. The first-order chi connectivity index (χ1) is 21.5. The maximum Gasteiger partial charge on any atom is 0.254 e. The van der Waals surface area contributed by atoms with E-state index in [-0.39, 0.29) is 35.7 Å². The van der Waals surface area contributed by atoms with Crippen LogP contribution in [0.3, 0.4) is 0 Å². The molecule has 45 heavy (non-hydrogen) atoms. The topological polar surface area (TPSA) is 112 Å². The van der Waals surface area contributed by atoms with Gasteiger partial charge in [-0.2, -0.15) is 0 Å². The Hall–Kier alpha value is -3.79. The van der Waals surface area contributed by atoms with E-state index in [2.05, 4.69) is 15.9 Å². The molecule has 3 aromatic rings. The third kappa shape index (κ3) is 4.13. The summed E-state index contributed by atoms with van der Waals surface area (Å²) in [5.41, 5.74) is 2.37. The predicted molar refractivity (Wildman–Crippen MR) is 170 cm³/mol. The Morgan fingerprint density at radius 3 is 2.13 bits per heavy atom. The van der Waals surface area contributed by atoms with E-state index in [1.165, 1.54) is 12.1 Å². The van der Waals surface area contributed by atoms with Crippen LogP contribution in [-0.2, 0) is 19.2 Å². The lowest BCUT2D eigenvalue weighted by atomic mass is 9.56. The van der Waals surface area contributed by atoms with Crippen molar-refractivity contribution in [1.82, 2.24) is 4.90 Å². The van der Waals surface area contributed by atoms with Crippen molar-refractivity contribution in [3.8, 4) is 5.75 Å². The third-order valence-corrected chi connectivity index (χ3v) is 11.6. The summed E-state index contributed by atoms with van der Waals surface area (Å²) in [6.45, 7) is 0. The Labute approximate surface area is 276 Å². The van der Waals surface area contributed by atoms with Crippen molar-refractivity contribution >= 4 is 74.2 Å². The number of anilines is 1. The van der Waals surface area contributed by atoms with Crippen molar-refractivity contribution in [2.24, 2.45) is 17.8 Å². The highest BCUT2D eigenvalue weighted by Crippen LogP contribution is 2.65. The van der Waals surface area contributed by atoms with Crippen molar-refractivity contribution in [3.05, 3.63) is 107 Å². The van der Waals surface area contributed by atoms with Crippen molar-refractivity contribution < 1.29 is 29.1 Å². The summed E-state index contributed by atoms with van der Waals surface area (Å²) < 4.78 is 0. The molecule has 4 aliphatic rings. The van der Waals surface area contributed by atoms with Crippen LogP contribution in [0.5, 0.6) is 5.75 Å². The first kappa shape index (κ1) is 29.9. The monoisotopic (exact) mass is 706 g/mol. The van der Waals surface area contributed by atoms with Crippen LogP contribution in [-0.4, -0.2) is 54.6 Å². The van der Waals surface area contributed by atoms with Gasteiger partial charge in [-0.25, -0.2) is 0 Å². The number of carbonyl (C=O) groups excluding carboxylic acids is 5. The van der Waals surface area contributed by atoms with Crippen molar-refractivity contribution in [2.45, 2.75) is 28.5 Å². The highest BCUT2D eigenvalue weighted by molar-refractivity contribution is 9.09. The van der Waals surface area contributed by atoms with E-state index in [0.29, 0.717) is 28.0 Å². The molecule has 7 rings (SSSR count). The number of likely N-dealkylation sites (tertiary alicyclic amines) is 1. The van der Waals surface area contributed by atoms with E-state index < -0.39 is 51.1 Å². The summed E-state index contributed by atoms with van der Waals surface area (Å²) in [7, 11) is 0. The number of phenols is 1. The summed E-state index contributed by atoms with van der Waals surface area (Å²) in [5.74, 6) is -5.45. The number of hydrogen-bond donors (Lipinski definition) is 1. The van der Waals surface area contributed by atoms with Crippen LogP contribution in [0.1, 0.15) is 40.2 Å². The highest BCUT2D eigenvalue weighted by atomic mass is 79.9. The molecule has 8 nitrogen and oxygen atoms in total. The van der Waals surface area contributed by atoms with Crippen LogP contribution in [0.15, 0.2) is 90.5 Å². The Morgan fingerprint density at radius 1 is 0.844 bits per heavy atom. The van der Waals surface area contributed by atoms with Crippen LogP contribution in [0.25, 0.3) is 0 Å². The zero-order valence-electron chi connectivity index (χ0n) is 23.5. The van der Waals surface area contributed by atoms with Crippen molar-refractivity contribution in [1.29, 1.82) is 0 Å². The van der Waals surface area contributed by atoms with Crippen LogP contribution < -0.4 is 4.90 Å². The summed E-state index contributed by atoms with van der Waals surface area (Å²) in [6, 6.07) is 21.3. The summed E-state index contributed by atoms with van der Waals surface area (Å²) >= 11 is 17.6. The minimum Gasteiger partial charge on any atom is -0.508 e. The molecule has 3 aromatic carbocycles. The van der Waals surface area contributed by atoms with Gasteiger partial charge in [0.2, 0.25) is 11.8 Å². The fourth-order valence-electron chi connectivity index (χ4n) is 7.57. The zero-order chi connectivity index (χ0) is 31.8. The molecule has 11 heteroatoms. The number of imide groups is 2. The lowest BCUT2D eigenvalue weighted by molar-refractivity contribution is -0.138. The number of halogens is 3. The lowest BCUT2D eigenvalue weighted by Gasteiger charge is -2.50. The zero-order valence-corrected chi connectivity index (χ0v) is 26.6. The first-order valence-corrected chi connectivity index (χ1v) is 16.3. The largest absolute Gasteiger partial charge is 0.508 e. The van der Waals surface area contributed by atoms with Crippen LogP contribution in [0, 0.1) is 17.8 Å².